The molecule has 1 N–H and O–H groups in total. The van der Waals surface area contributed by atoms with E-state index in [4.69, 9.17) is 0 Å². The molecule has 3 nitrogen and oxygen atoms in total. The number of carbonyl (C=O) groups is 1. The number of hydrogen-bond donors (Lipinski definition) is 1. The summed E-state index contributed by atoms with van der Waals surface area (Å²) in [7, 11) is 0. The van der Waals surface area contributed by atoms with Gasteiger partial charge in [0.05, 0.1) is 0 Å². The summed E-state index contributed by atoms with van der Waals surface area (Å²) >= 11 is 0. The number of alkyl halides is 3. The quantitative estimate of drug-likeness (QED) is 0.906. The Bertz CT molecular complexity index is 770. The Kier molecular flexibility index (Phi) is 4.25. The first-order valence-corrected chi connectivity index (χ1v) is 7.93. The molecule has 0 bridgehead atoms. The third kappa shape index (κ3) is 3.11. The van der Waals surface area contributed by atoms with Crippen LogP contribution in [0.1, 0.15) is 43.4 Å². The smallest absolute Gasteiger partial charge is 0.288 e. The highest BCUT2D eigenvalue weighted by atomic mass is 19.4. The van der Waals surface area contributed by atoms with E-state index < -0.39 is 12.2 Å². The summed E-state index contributed by atoms with van der Waals surface area (Å²) in [5, 5.41) is 2.73. The van der Waals surface area contributed by atoms with Crippen molar-refractivity contribution in [1.29, 1.82) is 0 Å². The lowest BCUT2D eigenvalue weighted by molar-refractivity contribution is -0.191. The maximum absolute atomic E-state index is 13.7. The number of hydrazine groups is 1. The second kappa shape index (κ2) is 6.09. The van der Waals surface area contributed by atoms with Crippen molar-refractivity contribution in [2.75, 3.05) is 6.54 Å². The number of carbonyl (C=O) groups excluding carboxylic acids is 1. The molecule has 24 heavy (non-hydrogen) atoms. The Hall–Kier alpha value is -2.08. The van der Waals surface area contributed by atoms with Gasteiger partial charge in [-0.3, -0.25) is 10.2 Å². The van der Waals surface area contributed by atoms with E-state index in [0.29, 0.717) is 0 Å². The highest BCUT2D eigenvalue weighted by molar-refractivity contribution is 5.87. The number of rotatable bonds is 3. The third-order valence-electron chi connectivity index (χ3n) is 4.32. The molecule has 1 amide bonds. The van der Waals surface area contributed by atoms with Crippen LogP contribution in [0.25, 0.3) is 10.8 Å². The minimum absolute atomic E-state index is 0.0485. The molecule has 0 radical (unpaired) electrons. The maximum atomic E-state index is 13.7. The summed E-state index contributed by atoms with van der Waals surface area (Å²) in [6.07, 6.45) is -4.40. The minimum Gasteiger partial charge on any atom is -0.288 e. The van der Waals surface area contributed by atoms with E-state index in [0.717, 1.165) is 21.3 Å². The molecule has 1 aliphatic heterocycles. The molecule has 1 saturated heterocycles. The second-order valence-electron chi connectivity index (χ2n) is 6.41. The van der Waals surface area contributed by atoms with Crippen molar-refractivity contribution in [3.05, 3.63) is 47.5 Å². The molecule has 1 aliphatic rings. The summed E-state index contributed by atoms with van der Waals surface area (Å²) in [6.45, 7) is 3.98. The van der Waals surface area contributed by atoms with Crippen LogP contribution in [0.15, 0.2) is 36.4 Å². The molecule has 3 rings (SSSR count). The SMILES string of the molecule is CC(C)c1cc([C@H](N2CCC(=O)N2)C(F)(F)F)cc2ccccc12. The highest BCUT2D eigenvalue weighted by Gasteiger charge is 2.47. The van der Waals surface area contributed by atoms with Crippen LogP contribution in [-0.2, 0) is 4.79 Å². The zero-order valence-corrected chi connectivity index (χ0v) is 13.5. The average molecular weight is 336 g/mol. The Morgan fingerprint density at radius 1 is 1.17 bits per heavy atom. The van der Waals surface area contributed by atoms with Crippen molar-refractivity contribution in [3.8, 4) is 0 Å². The van der Waals surface area contributed by atoms with Crippen molar-refractivity contribution in [2.24, 2.45) is 0 Å². The van der Waals surface area contributed by atoms with Gasteiger partial charge in [-0.1, -0.05) is 44.2 Å². The van der Waals surface area contributed by atoms with Crippen molar-refractivity contribution in [1.82, 2.24) is 10.4 Å². The number of nitrogens with zero attached hydrogens (tertiary/aromatic N) is 1. The molecule has 0 aromatic heterocycles. The predicted molar refractivity (Wildman–Crippen MR) is 86.3 cm³/mol. The fourth-order valence-corrected chi connectivity index (χ4v) is 3.23. The van der Waals surface area contributed by atoms with Crippen LogP contribution in [0.5, 0.6) is 0 Å². The maximum Gasteiger partial charge on any atom is 0.409 e. The molecule has 2 aromatic carbocycles. The van der Waals surface area contributed by atoms with Crippen LogP contribution in [0.4, 0.5) is 13.2 Å². The lowest BCUT2D eigenvalue weighted by atomic mass is 9.91. The van der Waals surface area contributed by atoms with Gasteiger partial charge in [0.15, 0.2) is 0 Å². The van der Waals surface area contributed by atoms with Crippen LogP contribution >= 0.6 is 0 Å². The highest BCUT2D eigenvalue weighted by Crippen LogP contribution is 2.40. The number of fused-ring (bicyclic) bond motifs is 1. The Labute approximate surface area is 138 Å². The monoisotopic (exact) mass is 336 g/mol. The molecule has 1 atom stereocenters. The Morgan fingerprint density at radius 2 is 1.88 bits per heavy atom. The third-order valence-corrected chi connectivity index (χ3v) is 4.32. The number of benzene rings is 2. The van der Waals surface area contributed by atoms with Gasteiger partial charge in [-0.25, -0.2) is 5.01 Å². The van der Waals surface area contributed by atoms with E-state index in [1.165, 1.54) is 0 Å². The molecule has 2 aromatic rings. The van der Waals surface area contributed by atoms with Gasteiger partial charge in [0.25, 0.3) is 0 Å². The molecule has 0 aliphatic carbocycles. The standard InChI is InChI=1S/C18H19F3N2O/c1-11(2)15-10-13(9-12-5-3-4-6-14(12)15)17(18(19,20)21)23-8-7-16(24)22-23/h3-6,9-11,17H,7-8H2,1-2H3,(H,22,24)/t17-/m0/s1. The molecule has 6 heteroatoms. The molecule has 1 fully saturated rings. The summed E-state index contributed by atoms with van der Waals surface area (Å²) in [5.74, 6) is -0.286. The Morgan fingerprint density at radius 3 is 2.46 bits per heavy atom. The predicted octanol–water partition coefficient (Wildman–Crippen LogP) is 4.30. The molecule has 1 heterocycles. The normalized spacial score (nSPS) is 17.5. The summed E-state index contributed by atoms with van der Waals surface area (Å²) in [6, 6.07) is 8.80. The largest absolute Gasteiger partial charge is 0.409 e. The summed E-state index contributed by atoms with van der Waals surface area (Å²) in [5.41, 5.74) is 3.37. The molecule has 0 saturated carbocycles. The van der Waals surface area contributed by atoms with Crippen molar-refractivity contribution in [3.63, 3.8) is 0 Å². The van der Waals surface area contributed by atoms with Crippen LogP contribution in [-0.4, -0.2) is 23.6 Å². The fourth-order valence-electron chi connectivity index (χ4n) is 3.23. The van der Waals surface area contributed by atoms with Crippen LogP contribution < -0.4 is 5.43 Å². The van der Waals surface area contributed by atoms with Gasteiger partial charge in [-0.2, -0.15) is 13.2 Å². The van der Waals surface area contributed by atoms with Gasteiger partial charge >= 0.3 is 6.18 Å². The number of halogens is 3. The van der Waals surface area contributed by atoms with E-state index >= 15 is 0 Å². The van der Waals surface area contributed by atoms with Crippen molar-refractivity contribution in [2.45, 2.75) is 38.4 Å². The average Bonchev–Trinajstić information content (AvgIpc) is 2.91. The molecule has 128 valence electrons. The minimum atomic E-state index is -4.48. The van der Waals surface area contributed by atoms with Crippen LogP contribution in [0.3, 0.4) is 0 Å². The van der Waals surface area contributed by atoms with Gasteiger partial charge in [-0.05, 0) is 33.9 Å². The van der Waals surface area contributed by atoms with Gasteiger partial charge < -0.3 is 0 Å². The first kappa shape index (κ1) is 16.8. The molecular weight excluding hydrogens is 317 g/mol. The van der Waals surface area contributed by atoms with E-state index in [2.05, 4.69) is 5.43 Å². The van der Waals surface area contributed by atoms with Crippen molar-refractivity contribution >= 4 is 16.7 Å². The zero-order chi connectivity index (χ0) is 17.5. The van der Waals surface area contributed by atoms with Crippen molar-refractivity contribution < 1.29 is 18.0 Å². The van der Waals surface area contributed by atoms with Gasteiger partial charge in [0.2, 0.25) is 5.91 Å². The number of amides is 1. The topological polar surface area (TPSA) is 32.3 Å². The van der Waals surface area contributed by atoms with Gasteiger partial charge in [0, 0.05) is 13.0 Å². The van der Waals surface area contributed by atoms with Gasteiger partial charge in [-0.15, -0.1) is 0 Å². The van der Waals surface area contributed by atoms with E-state index in [-0.39, 0.29) is 30.4 Å². The molecule has 0 spiro atoms. The van der Waals surface area contributed by atoms with E-state index in [9.17, 15) is 18.0 Å². The first-order valence-electron chi connectivity index (χ1n) is 7.93. The summed E-state index contributed by atoms with van der Waals surface area (Å²) < 4.78 is 41.2. The second-order valence-corrected chi connectivity index (χ2v) is 6.41. The first-order chi connectivity index (χ1) is 11.3. The number of hydrogen-bond acceptors (Lipinski definition) is 2. The van der Waals surface area contributed by atoms with E-state index in [1.807, 2.05) is 38.1 Å². The molecule has 0 unspecified atom stereocenters. The lowest BCUT2D eigenvalue weighted by Crippen LogP contribution is -2.43. The lowest BCUT2D eigenvalue weighted by Gasteiger charge is -2.30. The van der Waals surface area contributed by atoms with Crippen LogP contribution in [0.2, 0.25) is 0 Å². The molecular formula is C18H19F3N2O. The fraction of sp³-hybridized carbons (Fsp3) is 0.389. The Balaban J connectivity index is 2.15. The number of nitrogens with one attached hydrogen (secondary N) is 1. The van der Waals surface area contributed by atoms with Gasteiger partial charge in [0.1, 0.15) is 6.04 Å². The zero-order valence-electron chi connectivity index (χ0n) is 13.5. The van der Waals surface area contributed by atoms with E-state index in [1.54, 1.807) is 12.1 Å². The van der Waals surface area contributed by atoms with Crippen LogP contribution in [0, 0.1) is 0 Å². The summed E-state index contributed by atoms with van der Waals surface area (Å²) in [4.78, 5) is 11.4.